The molecule has 22 heavy (non-hydrogen) atoms. The van der Waals surface area contributed by atoms with Crippen LogP contribution in [0.25, 0.3) is 0 Å². The highest BCUT2D eigenvalue weighted by atomic mass is 35.5. The molecule has 3 unspecified atom stereocenters. The minimum atomic E-state index is -4.22. The highest BCUT2D eigenvalue weighted by molar-refractivity contribution is 8.00. The average Bonchev–Trinajstić information content (AvgIpc) is 2.93. The van der Waals surface area contributed by atoms with Crippen LogP contribution < -0.4 is 5.73 Å². The Balaban J connectivity index is 0.00000176. The topological polar surface area (TPSA) is 29.3 Å². The molecule has 3 rings (SSSR count). The lowest BCUT2D eigenvalue weighted by atomic mass is 9.98. The number of thioether (sulfide) groups is 1. The van der Waals surface area contributed by atoms with E-state index in [4.69, 9.17) is 5.73 Å². The Kier molecular flexibility index (Phi) is 5.69. The Hall–Kier alpha value is -0.430. The number of alkyl halides is 3. The van der Waals surface area contributed by atoms with Crippen molar-refractivity contribution in [2.24, 2.45) is 17.6 Å². The van der Waals surface area contributed by atoms with Crippen LogP contribution in [-0.4, -0.2) is 29.5 Å². The summed E-state index contributed by atoms with van der Waals surface area (Å²) in [6.45, 7) is 2.89. The smallest absolute Gasteiger partial charge is 0.327 e. The fourth-order valence-corrected chi connectivity index (χ4v) is 4.12. The second-order valence-corrected chi connectivity index (χ2v) is 7.19. The Morgan fingerprint density at radius 1 is 1.14 bits per heavy atom. The van der Waals surface area contributed by atoms with E-state index in [1.54, 1.807) is 24.3 Å². The quantitative estimate of drug-likeness (QED) is 0.837. The van der Waals surface area contributed by atoms with Gasteiger partial charge in [0.2, 0.25) is 0 Å². The number of likely N-dealkylation sites (tertiary alicyclic amines) is 1. The van der Waals surface area contributed by atoms with Crippen molar-refractivity contribution in [3.63, 3.8) is 0 Å². The lowest BCUT2D eigenvalue weighted by molar-refractivity contribution is -0.0328. The van der Waals surface area contributed by atoms with Crippen molar-refractivity contribution in [2.45, 2.75) is 35.8 Å². The van der Waals surface area contributed by atoms with Crippen molar-refractivity contribution >= 4 is 24.2 Å². The molecule has 2 nitrogen and oxygen atoms in total. The maximum atomic E-state index is 12.3. The molecular weight excluding hydrogens is 333 g/mol. The van der Waals surface area contributed by atoms with Gasteiger partial charge in [0.1, 0.15) is 0 Å². The van der Waals surface area contributed by atoms with E-state index in [1.807, 2.05) is 0 Å². The summed E-state index contributed by atoms with van der Waals surface area (Å²) in [5, 5.41) is 0. The van der Waals surface area contributed by atoms with Crippen molar-refractivity contribution in [3.05, 3.63) is 29.8 Å². The molecule has 1 aliphatic carbocycles. The van der Waals surface area contributed by atoms with E-state index in [0.29, 0.717) is 17.9 Å². The Labute approximate surface area is 139 Å². The monoisotopic (exact) mass is 352 g/mol. The number of halogens is 4. The first-order valence-corrected chi connectivity index (χ1v) is 8.05. The number of hydrogen-bond donors (Lipinski definition) is 1. The SMILES string of the molecule is Cl.NC1CCC2CN(Cc3ccc(SC(F)(F)F)cc3)CC12. The third-order valence-corrected chi connectivity index (χ3v) is 5.29. The van der Waals surface area contributed by atoms with E-state index >= 15 is 0 Å². The zero-order valence-corrected chi connectivity index (χ0v) is 13.7. The summed E-state index contributed by atoms with van der Waals surface area (Å²) in [6, 6.07) is 7.02. The first-order valence-electron chi connectivity index (χ1n) is 7.23. The zero-order valence-electron chi connectivity index (χ0n) is 12.1. The van der Waals surface area contributed by atoms with Crippen LogP contribution >= 0.6 is 24.2 Å². The predicted molar refractivity (Wildman–Crippen MR) is 85.1 cm³/mol. The lowest BCUT2D eigenvalue weighted by Crippen LogP contribution is -2.30. The van der Waals surface area contributed by atoms with Crippen LogP contribution in [0, 0.1) is 11.8 Å². The van der Waals surface area contributed by atoms with Crippen molar-refractivity contribution in [1.29, 1.82) is 0 Å². The molecule has 1 aliphatic heterocycles. The highest BCUT2D eigenvalue weighted by Crippen LogP contribution is 2.38. The molecule has 1 aromatic carbocycles. The van der Waals surface area contributed by atoms with Gasteiger partial charge >= 0.3 is 5.51 Å². The van der Waals surface area contributed by atoms with E-state index in [9.17, 15) is 13.2 Å². The second-order valence-electron chi connectivity index (χ2n) is 6.05. The van der Waals surface area contributed by atoms with Crippen LogP contribution in [0.1, 0.15) is 18.4 Å². The summed E-state index contributed by atoms with van der Waals surface area (Å²) in [6.07, 6.45) is 2.34. The maximum absolute atomic E-state index is 12.3. The Morgan fingerprint density at radius 2 is 1.82 bits per heavy atom. The standard InChI is InChI=1S/C15H19F3N2S.ClH/c16-15(17,18)21-12-4-1-10(2-5-12)7-20-8-11-3-6-14(19)13(11)9-20;/h1-2,4-5,11,13-14H,3,6-9,19H2;1H. The number of rotatable bonds is 3. The second kappa shape index (κ2) is 6.99. The van der Waals surface area contributed by atoms with Gasteiger partial charge in [-0.3, -0.25) is 4.90 Å². The lowest BCUT2D eigenvalue weighted by Gasteiger charge is -2.18. The van der Waals surface area contributed by atoms with Gasteiger partial charge < -0.3 is 5.73 Å². The molecule has 0 spiro atoms. The average molecular weight is 353 g/mol. The fraction of sp³-hybridized carbons (Fsp3) is 0.600. The van der Waals surface area contributed by atoms with Crippen LogP contribution in [0.5, 0.6) is 0 Å². The van der Waals surface area contributed by atoms with Gasteiger partial charge in [-0.2, -0.15) is 13.2 Å². The summed E-state index contributed by atoms with van der Waals surface area (Å²) >= 11 is -0.0641. The summed E-state index contributed by atoms with van der Waals surface area (Å²) in [7, 11) is 0. The fourth-order valence-electron chi connectivity index (χ4n) is 3.58. The van der Waals surface area contributed by atoms with Crippen molar-refractivity contribution in [1.82, 2.24) is 4.90 Å². The molecule has 1 saturated carbocycles. The normalized spacial score (nSPS) is 28.5. The molecule has 2 aliphatic rings. The van der Waals surface area contributed by atoms with Gasteiger partial charge in [-0.25, -0.2) is 0 Å². The van der Waals surface area contributed by atoms with Crippen LogP contribution in [0.2, 0.25) is 0 Å². The molecule has 2 fully saturated rings. The van der Waals surface area contributed by atoms with Crippen molar-refractivity contribution < 1.29 is 13.2 Å². The van der Waals surface area contributed by atoms with Crippen molar-refractivity contribution in [3.8, 4) is 0 Å². The van der Waals surface area contributed by atoms with Gasteiger partial charge in [-0.1, -0.05) is 12.1 Å². The van der Waals surface area contributed by atoms with E-state index in [1.165, 1.54) is 6.42 Å². The third kappa shape index (κ3) is 4.31. The minimum Gasteiger partial charge on any atom is -0.327 e. The summed E-state index contributed by atoms with van der Waals surface area (Å²) in [4.78, 5) is 2.62. The Morgan fingerprint density at radius 3 is 2.41 bits per heavy atom. The summed E-state index contributed by atoms with van der Waals surface area (Å²) in [5.41, 5.74) is 2.96. The largest absolute Gasteiger partial charge is 0.446 e. The summed E-state index contributed by atoms with van der Waals surface area (Å²) < 4.78 is 36.8. The van der Waals surface area contributed by atoms with Gasteiger partial charge in [0.25, 0.3) is 0 Å². The van der Waals surface area contributed by atoms with Gasteiger partial charge in [0.05, 0.1) is 0 Å². The molecule has 124 valence electrons. The van der Waals surface area contributed by atoms with Gasteiger partial charge in [0.15, 0.2) is 0 Å². The molecule has 2 N–H and O–H groups in total. The molecule has 1 heterocycles. The van der Waals surface area contributed by atoms with Crippen LogP contribution in [0.4, 0.5) is 13.2 Å². The first kappa shape index (κ1) is 17.9. The number of fused-ring (bicyclic) bond motifs is 1. The molecule has 3 atom stereocenters. The summed E-state index contributed by atoms with van der Waals surface area (Å²) in [5.74, 6) is 1.31. The predicted octanol–water partition coefficient (Wildman–Crippen LogP) is 3.89. The molecule has 0 radical (unpaired) electrons. The molecule has 0 aromatic heterocycles. The van der Waals surface area contributed by atoms with E-state index in [0.717, 1.165) is 31.6 Å². The molecule has 0 amide bonds. The van der Waals surface area contributed by atoms with E-state index in [-0.39, 0.29) is 29.1 Å². The molecule has 1 aromatic rings. The number of benzene rings is 1. The van der Waals surface area contributed by atoms with Gasteiger partial charge in [0, 0.05) is 30.6 Å². The van der Waals surface area contributed by atoms with Crippen LogP contribution in [-0.2, 0) is 6.54 Å². The molecular formula is C15H20ClF3N2S. The zero-order chi connectivity index (χ0) is 15.0. The molecule has 0 bridgehead atoms. The van der Waals surface area contributed by atoms with E-state index in [2.05, 4.69) is 4.90 Å². The van der Waals surface area contributed by atoms with E-state index < -0.39 is 5.51 Å². The minimum absolute atomic E-state index is 0. The number of nitrogens with two attached hydrogens (primary N) is 1. The number of hydrogen-bond acceptors (Lipinski definition) is 3. The number of nitrogens with zero attached hydrogens (tertiary/aromatic N) is 1. The molecule has 1 saturated heterocycles. The van der Waals surface area contributed by atoms with Crippen LogP contribution in [0.3, 0.4) is 0 Å². The first-order chi connectivity index (χ1) is 9.90. The third-order valence-electron chi connectivity index (χ3n) is 4.55. The molecule has 7 heteroatoms. The highest BCUT2D eigenvalue weighted by Gasteiger charge is 2.40. The maximum Gasteiger partial charge on any atom is 0.446 e. The van der Waals surface area contributed by atoms with Gasteiger partial charge in [-0.05, 0) is 54.1 Å². The van der Waals surface area contributed by atoms with Crippen LogP contribution in [0.15, 0.2) is 29.2 Å². The van der Waals surface area contributed by atoms with Crippen molar-refractivity contribution in [2.75, 3.05) is 13.1 Å². The Bertz CT molecular complexity index is 495. The van der Waals surface area contributed by atoms with Gasteiger partial charge in [-0.15, -0.1) is 12.4 Å².